The normalized spacial score (nSPS) is 11.3. The summed E-state index contributed by atoms with van der Waals surface area (Å²) < 4.78 is 56.8. The minimum absolute atomic E-state index is 0.0127. The highest BCUT2D eigenvalue weighted by molar-refractivity contribution is 5.95. The van der Waals surface area contributed by atoms with E-state index in [4.69, 9.17) is 0 Å². The van der Waals surface area contributed by atoms with Gasteiger partial charge in [0.1, 0.15) is 6.42 Å². The number of carbonyl (C=O) groups excluding carboxylic acids is 2. The van der Waals surface area contributed by atoms with Crippen molar-refractivity contribution >= 4 is 11.9 Å². The van der Waals surface area contributed by atoms with Crippen molar-refractivity contribution in [2.75, 3.05) is 6.54 Å². The average molecular weight is 335 g/mol. The Morgan fingerprint density at radius 3 is 2.09 bits per heavy atom. The monoisotopic (exact) mass is 335 g/mol. The maximum Gasteiger partial charge on any atom is 0.320 e. The number of ether oxygens (including phenoxy) is 1. The van der Waals surface area contributed by atoms with Gasteiger partial charge in [0.25, 0.3) is 0 Å². The van der Waals surface area contributed by atoms with Gasteiger partial charge in [0.15, 0.2) is 11.6 Å². The Balaban J connectivity index is 2.63. The second-order valence-electron chi connectivity index (χ2n) is 6.11. The Hall–Kier alpha value is -2.12. The number of hydrogen-bond acceptors (Lipinski definition) is 3. The number of benzene rings is 1. The third-order valence-corrected chi connectivity index (χ3v) is 2.79. The second-order valence-corrected chi connectivity index (χ2v) is 6.11. The molecule has 0 aliphatic carbocycles. The lowest BCUT2D eigenvalue weighted by Gasteiger charge is -2.17. The van der Waals surface area contributed by atoms with Crippen LogP contribution in [0.5, 0.6) is 5.75 Å². The van der Waals surface area contributed by atoms with E-state index in [0.29, 0.717) is 13.0 Å². The van der Waals surface area contributed by atoms with E-state index in [1.54, 1.807) is 0 Å². The smallest absolute Gasteiger partial charge is 0.320 e. The van der Waals surface area contributed by atoms with Gasteiger partial charge in [0.05, 0.1) is 0 Å². The zero-order valence-corrected chi connectivity index (χ0v) is 12.9. The predicted octanol–water partition coefficient (Wildman–Crippen LogP) is 3.09. The summed E-state index contributed by atoms with van der Waals surface area (Å²) in [6, 6.07) is -0.0127. The van der Waals surface area contributed by atoms with Crippen LogP contribution in [0.3, 0.4) is 0 Å². The van der Waals surface area contributed by atoms with Gasteiger partial charge in [-0.2, -0.15) is 8.78 Å². The summed E-state index contributed by atoms with van der Waals surface area (Å²) in [5.41, 5.74) is -0.0286. The fourth-order valence-corrected chi connectivity index (χ4v) is 1.56. The molecule has 8 heteroatoms. The number of amides is 1. The van der Waals surface area contributed by atoms with Crippen LogP contribution in [0.2, 0.25) is 0 Å². The van der Waals surface area contributed by atoms with Crippen molar-refractivity contribution in [1.82, 2.24) is 5.32 Å². The summed E-state index contributed by atoms with van der Waals surface area (Å²) >= 11 is 0. The van der Waals surface area contributed by atoms with Crippen molar-refractivity contribution in [2.24, 2.45) is 5.41 Å². The molecule has 0 heterocycles. The molecule has 23 heavy (non-hydrogen) atoms. The Labute approximate surface area is 130 Å². The first-order chi connectivity index (χ1) is 10.5. The summed E-state index contributed by atoms with van der Waals surface area (Å²) in [7, 11) is 0. The molecule has 1 rings (SSSR count). The van der Waals surface area contributed by atoms with Crippen LogP contribution in [-0.4, -0.2) is 18.4 Å². The lowest BCUT2D eigenvalue weighted by molar-refractivity contribution is -0.138. The topological polar surface area (TPSA) is 55.4 Å². The molecular formula is C15H17F4NO3. The van der Waals surface area contributed by atoms with Gasteiger partial charge in [-0.05, 0) is 11.8 Å². The van der Waals surface area contributed by atoms with Crippen LogP contribution in [0.4, 0.5) is 17.6 Å². The Morgan fingerprint density at radius 1 is 1.09 bits per heavy atom. The van der Waals surface area contributed by atoms with Crippen molar-refractivity contribution in [2.45, 2.75) is 33.6 Å². The van der Waals surface area contributed by atoms with E-state index in [9.17, 15) is 27.2 Å². The SMILES string of the molecule is CC(C)(C)CCNC(=O)CC(=O)Oc1c(F)c(F)cc(F)c1F. The van der Waals surface area contributed by atoms with Gasteiger partial charge in [-0.15, -0.1) is 0 Å². The molecule has 0 spiro atoms. The van der Waals surface area contributed by atoms with Gasteiger partial charge in [0, 0.05) is 12.6 Å². The average Bonchev–Trinajstić information content (AvgIpc) is 2.40. The minimum Gasteiger partial charge on any atom is -0.420 e. The molecule has 128 valence electrons. The van der Waals surface area contributed by atoms with Crippen LogP contribution < -0.4 is 10.1 Å². The first-order valence-electron chi connectivity index (χ1n) is 6.81. The van der Waals surface area contributed by atoms with E-state index in [1.165, 1.54) is 0 Å². The molecule has 0 aromatic heterocycles. The van der Waals surface area contributed by atoms with E-state index in [1.807, 2.05) is 20.8 Å². The van der Waals surface area contributed by atoms with E-state index in [2.05, 4.69) is 10.1 Å². The van der Waals surface area contributed by atoms with Crippen molar-refractivity contribution in [3.63, 3.8) is 0 Å². The van der Waals surface area contributed by atoms with Crippen LogP contribution in [0, 0.1) is 28.7 Å². The Bertz CT molecular complexity index is 585. The molecule has 4 nitrogen and oxygen atoms in total. The summed E-state index contributed by atoms with van der Waals surface area (Å²) in [5, 5.41) is 2.43. The van der Waals surface area contributed by atoms with Crippen molar-refractivity contribution in [3.8, 4) is 5.75 Å². The molecule has 0 bridgehead atoms. The molecular weight excluding hydrogens is 318 g/mol. The fourth-order valence-electron chi connectivity index (χ4n) is 1.56. The lowest BCUT2D eigenvalue weighted by Crippen LogP contribution is -2.30. The summed E-state index contributed by atoms with van der Waals surface area (Å²) in [6.45, 7) is 6.17. The zero-order chi connectivity index (χ0) is 17.8. The lowest BCUT2D eigenvalue weighted by atomic mass is 9.92. The molecule has 0 saturated heterocycles. The van der Waals surface area contributed by atoms with Gasteiger partial charge >= 0.3 is 5.97 Å². The molecule has 0 aliphatic rings. The summed E-state index contributed by atoms with van der Waals surface area (Å²) in [5.74, 6) is -10.7. The van der Waals surface area contributed by atoms with Crippen LogP contribution in [0.15, 0.2) is 6.07 Å². The molecule has 0 aliphatic heterocycles. The van der Waals surface area contributed by atoms with E-state index >= 15 is 0 Å². The van der Waals surface area contributed by atoms with Crippen LogP contribution in [-0.2, 0) is 9.59 Å². The van der Waals surface area contributed by atoms with Gasteiger partial charge in [-0.25, -0.2) is 8.78 Å². The first-order valence-corrected chi connectivity index (χ1v) is 6.81. The van der Waals surface area contributed by atoms with Gasteiger partial charge in [-0.1, -0.05) is 20.8 Å². The largest absolute Gasteiger partial charge is 0.420 e. The van der Waals surface area contributed by atoms with Gasteiger partial charge in [-0.3, -0.25) is 9.59 Å². The second kappa shape index (κ2) is 7.43. The molecule has 0 atom stereocenters. The van der Waals surface area contributed by atoms with Gasteiger partial charge in [0.2, 0.25) is 23.3 Å². The van der Waals surface area contributed by atoms with Crippen molar-refractivity contribution < 1.29 is 31.9 Å². The maximum absolute atomic E-state index is 13.3. The number of esters is 1. The number of carbonyl (C=O) groups is 2. The molecule has 1 amide bonds. The highest BCUT2D eigenvalue weighted by Crippen LogP contribution is 2.26. The summed E-state index contributed by atoms with van der Waals surface area (Å²) in [6.07, 6.45) is -0.187. The quantitative estimate of drug-likeness (QED) is 0.296. The molecule has 0 unspecified atom stereocenters. The zero-order valence-electron chi connectivity index (χ0n) is 12.9. The number of rotatable bonds is 5. The third kappa shape index (κ3) is 5.88. The summed E-state index contributed by atoms with van der Waals surface area (Å²) in [4.78, 5) is 22.9. The van der Waals surface area contributed by atoms with Crippen molar-refractivity contribution in [1.29, 1.82) is 0 Å². The molecule has 1 aromatic rings. The number of hydrogen-bond donors (Lipinski definition) is 1. The predicted molar refractivity (Wildman–Crippen MR) is 73.6 cm³/mol. The molecule has 0 fully saturated rings. The fraction of sp³-hybridized carbons (Fsp3) is 0.467. The highest BCUT2D eigenvalue weighted by Gasteiger charge is 2.24. The molecule has 0 radical (unpaired) electrons. The van der Waals surface area contributed by atoms with Gasteiger partial charge < -0.3 is 10.1 Å². The molecule has 0 saturated carbocycles. The first kappa shape index (κ1) is 18.9. The maximum atomic E-state index is 13.3. The number of nitrogens with one attached hydrogen (secondary N) is 1. The number of halogens is 4. The van der Waals surface area contributed by atoms with Crippen molar-refractivity contribution in [3.05, 3.63) is 29.3 Å². The molecule has 1 N–H and O–H groups in total. The standard InChI is InChI=1S/C15H17F4NO3/c1-15(2,3)4-5-20-10(21)7-11(22)23-14-12(18)8(16)6-9(17)13(14)19/h6H,4-5,7H2,1-3H3,(H,20,21). The van der Waals surface area contributed by atoms with E-state index in [0.717, 1.165) is 0 Å². The van der Waals surface area contributed by atoms with Crippen LogP contribution in [0.1, 0.15) is 33.6 Å². The third-order valence-electron chi connectivity index (χ3n) is 2.79. The highest BCUT2D eigenvalue weighted by atomic mass is 19.2. The van der Waals surface area contributed by atoms with Crippen LogP contribution in [0.25, 0.3) is 0 Å². The van der Waals surface area contributed by atoms with E-state index < -0.39 is 47.3 Å². The van der Waals surface area contributed by atoms with Crippen LogP contribution >= 0.6 is 0 Å². The van der Waals surface area contributed by atoms with E-state index in [-0.39, 0.29) is 11.5 Å². The molecule has 1 aromatic carbocycles. The Kier molecular flexibility index (Phi) is 6.12. The minimum atomic E-state index is -1.84. The Morgan fingerprint density at radius 2 is 1.61 bits per heavy atom.